The van der Waals surface area contributed by atoms with E-state index in [0.29, 0.717) is 40.6 Å². The third-order valence-corrected chi connectivity index (χ3v) is 6.84. The molecule has 3 N–H and O–H groups in total. The lowest BCUT2D eigenvalue weighted by Crippen LogP contribution is -2.34. The van der Waals surface area contributed by atoms with Crippen molar-refractivity contribution in [1.82, 2.24) is 10.6 Å². The van der Waals surface area contributed by atoms with E-state index >= 15 is 0 Å². The zero-order valence-corrected chi connectivity index (χ0v) is 19.0. The average molecular weight is 483 g/mol. The fourth-order valence-corrected chi connectivity index (χ4v) is 4.60. The molecule has 7 nitrogen and oxygen atoms in total. The maximum atomic E-state index is 14.4. The molecule has 1 aliphatic rings. The topological polar surface area (TPSA) is 105 Å². The summed E-state index contributed by atoms with van der Waals surface area (Å²) in [5, 5.41) is 14.3. The average Bonchev–Trinajstić information content (AvgIpc) is 3.10. The summed E-state index contributed by atoms with van der Waals surface area (Å²) in [7, 11) is 0. The van der Waals surface area contributed by atoms with Crippen molar-refractivity contribution in [3.63, 3.8) is 0 Å². The predicted molar refractivity (Wildman–Crippen MR) is 119 cm³/mol. The van der Waals surface area contributed by atoms with Gasteiger partial charge in [-0.05, 0) is 56.4 Å². The van der Waals surface area contributed by atoms with Gasteiger partial charge < -0.3 is 20.5 Å². The number of thiophene rings is 1. The molecule has 0 bridgehead atoms. The lowest BCUT2D eigenvalue weighted by Gasteiger charge is -2.26. The molecule has 0 aliphatic heterocycles. The van der Waals surface area contributed by atoms with E-state index in [2.05, 4.69) is 10.6 Å². The van der Waals surface area contributed by atoms with Gasteiger partial charge in [0.15, 0.2) is 0 Å². The van der Waals surface area contributed by atoms with Crippen LogP contribution in [-0.2, 0) is 4.79 Å². The van der Waals surface area contributed by atoms with Crippen molar-refractivity contribution in [3.8, 4) is 5.75 Å². The Bertz CT molecular complexity index is 985. The van der Waals surface area contributed by atoms with Gasteiger partial charge in [0.1, 0.15) is 11.6 Å². The zero-order valence-electron chi connectivity index (χ0n) is 17.5. The van der Waals surface area contributed by atoms with Crippen LogP contribution < -0.4 is 15.4 Å². The lowest BCUT2D eigenvalue weighted by molar-refractivity contribution is -0.143. The molecule has 2 amide bonds. The summed E-state index contributed by atoms with van der Waals surface area (Å²) in [5.41, 5.74) is 0.699. The first-order valence-electron chi connectivity index (χ1n) is 10.3. The minimum Gasteiger partial charge on any atom is -0.490 e. The van der Waals surface area contributed by atoms with Crippen molar-refractivity contribution in [2.75, 3.05) is 13.1 Å². The number of aliphatic carboxylic acids is 1. The molecule has 0 saturated heterocycles. The number of carbonyl (C=O) groups is 3. The van der Waals surface area contributed by atoms with Crippen molar-refractivity contribution in [2.45, 2.75) is 38.7 Å². The van der Waals surface area contributed by atoms with Gasteiger partial charge in [-0.15, -0.1) is 11.3 Å². The number of nitrogens with one attached hydrogen (secondary N) is 2. The van der Waals surface area contributed by atoms with Crippen molar-refractivity contribution in [2.24, 2.45) is 5.92 Å². The van der Waals surface area contributed by atoms with Crippen LogP contribution >= 0.6 is 22.9 Å². The Morgan fingerprint density at radius 3 is 2.34 bits per heavy atom. The molecule has 1 aromatic carbocycles. The summed E-state index contributed by atoms with van der Waals surface area (Å²) in [6.07, 6.45) is 2.06. The second-order valence-corrected chi connectivity index (χ2v) is 9.30. The number of carboxylic acid groups (broad SMARTS) is 1. The minimum atomic E-state index is -0.796. The maximum absolute atomic E-state index is 14.4. The van der Waals surface area contributed by atoms with E-state index < -0.39 is 17.7 Å². The van der Waals surface area contributed by atoms with Gasteiger partial charge in [-0.3, -0.25) is 14.4 Å². The third kappa shape index (κ3) is 6.20. The monoisotopic (exact) mass is 482 g/mol. The predicted octanol–water partition coefficient (Wildman–Crippen LogP) is 4.03. The highest BCUT2D eigenvalue weighted by Gasteiger charge is 2.27. The van der Waals surface area contributed by atoms with Crippen LogP contribution in [0.4, 0.5) is 4.39 Å². The number of carboxylic acids is 1. The molecule has 0 spiro atoms. The first kappa shape index (κ1) is 24.0. The molecule has 10 heteroatoms. The Morgan fingerprint density at radius 1 is 1.12 bits per heavy atom. The number of benzene rings is 1. The summed E-state index contributed by atoms with van der Waals surface area (Å²) in [6, 6.07) is 5.71. The molecule has 1 fully saturated rings. The van der Waals surface area contributed by atoms with E-state index in [1.54, 1.807) is 6.07 Å². The van der Waals surface area contributed by atoms with E-state index in [1.807, 2.05) is 6.92 Å². The summed E-state index contributed by atoms with van der Waals surface area (Å²) < 4.78 is 20.7. The van der Waals surface area contributed by atoms with Crippen LogP contribution in [0.3, 0.4) is 0 Å². The minimum absolute atomic E-state index is 0.126. The first-order valence-corrected chi connectivity index (χ1v) is 11.5. The number of hydrogen-bond donors (Lipinski definition) is 3. The second-order valence-electron chi connectivity index (χ2n) is 7.65. The van der Waals surface area contributed by atoms with Gasteiger partial charge in [0, 0.05) is 19.2 Å². The molecule has 32 heavy (non-hydrogen) atoms. The van der Waals surface area contributed by atoms with Crippen molar-refractivity contribution < 1.29 is 28.6 Å². The normalized spacial score (nSPS) is 18.1. The summed E-state index contributed by atoms with van der Waals surface area (Å²) in [4.78, 5) is 35.8. The van der Waals surface area contributed by atoms with Gasteiger partial charge >= 0.3 is 5.97 Å². The van der Waals surface area contributed by atoms with Crippen LogP contribution in [0.25, 0.3) is 0 Å². The lowest BCUT2D eigenvalue weighted by atomic mass is 9.87. The highest BCUT2D eigenvalue weighted by atomic mass is 35.5. The van der Waals surface area contributed by atoms with E-state index in [-0.39, 0.29) is 36.6 Å². The van der Waals surface area contributed by atoms with Gasteiger partial charge in [0.2, 0.25) is 0 Å². The molecule has 1 aromatic heterocycles. The Hall–Kier alpha value is -2.65. The maximum Gasteiger partial charge on any atom is 0.306 e. The number of amides is 2. The van der Waals surface area contributed by atoms with Crippen molar-refractivity contribution in [1.29, 1.82) is 0 Å². The summed E-state index contributed by atoms with van der Waals surface area (Å²) in [5.74, 6) is -2.45. The van der Waals surface area contributed by atoms with Crippen molar-refractivity contribution >= 4 is 40.7 Å². The molecule has 2 aromatic rings. The van der Waals surface area contributed by atoms with Gasteiger partial charge in [0.05, 0.1) is 26.8 Å². The van der Waals surface area contributed by atoms with Crippen LogP contribution in [0.15, 0.2) is 24.3 Å². The summed E-state index contributed by atoms with van der Waals surface area (Å²) >= 11 is 7.14. The quantitative estimate of drug-likeness (QED) is 0.493. The highest BCUT2D eigenvalue weighted by Crippen LogP contribution is 2.29. The second kappa shape index (κ2) is 10.8. The highest BCUT2D eigenvalue weighted by molar-refractivity contribution is 7.18. The third-order valence-electron chi connectivity index (χ3n) is 5.29. The molecule has 0 radical (unpaired) electrons. The zero-order chi connectivity index (χ0) is 23.3. The number of aryl methyl sites for hydroxylation is 1. The molecule has 1 heterocycles. The van der Waals surface area contributed by atoms with E-state index in [4.69, 9.17) is 21.4 Å². The molecule has 3 rings (SSSR count). The molecule has 1 saturated carbocycles. The van der Waals surface area contributed by atoms with Gasteiger partial charge in [-0.2, -0.15) is 0 Å². The fraction of sp³-hybridized carbons (Fsp3) is 0.409. The van der Waals surface area contributed by atoms with E-state index in [0.717, 1.165) is 11.6 Å². The summed E-state index contributed by atoms with van der Waals surface area (Å²) in [6.45, 7) is 2.12. The molecule has 172 valence electrons. The number of carbonyl (C=O) groups excluding carboxylic acids is 2. The van der Waals surface area contributed by atoms with Crippen LogP contribution in [0.1, 0.15) is 51.3 Å². The van der Waals surface area contributed by atoms with Crippen LogP contribution in [0, 0.1) is 18.7 Å². The van der Waals surface area contributed by atoms with Crippen LogP contribution in [0.2, 0.25) is 4.34 Å². The Balaban J connectivity index is 1.44. The fourth-order valence-electron chi connectivity index (χ4n) is 3.48. The van der Waals surface area contributed by atoms with Gasteiger partial charge in [0.25, 0.3) is 11.8 Å². The van der Waals surface area contributed by atoms with Gasteiger partial charge in [-0.25, -0.2) is 4.39 Å². The SMILES string of the molecule is Cc1cc(C(=O)NCCNC(=O)c2ccc(OC3CCC(C(=O)O)CC3)cc2F)sc1Cl. The van der Waals surface area contributed by atoms with E-state index in [1.165, 1.54) is 23.5 Å². The Morgan fingerprint density at radius 2 is 1.78 bits per heavy atom. The van der Waals surface area contributed by atoms with E-state index in [9.17, 15) is 18.8 Å². The standard InChI is InChI=1S/C22H24ClFN2O5S/c1-12-10-18(32-19(12)23)21(28)26-9-8-25-20(27)16-7-6-15(11-17(16)24)31-14-4-2-13(3-5-14)22(29)30/h6-7,10-11,13-14H,2-5,8-9H2,1H3,(H,25,27)(H,26,28)(H,29,30). The molecule has 0 unspecified atom stereocenters. The first-order chi connectivity index (χ1) is 15.2. The molecule has 0 atom stereocenters. The molecular formula is C22H24ClFN2O5S. The van der Waals surface area contributed by atoms with Crippen LogP contribution in [-0.4, -0.2) is 42.1 Å². The van der Waals surface area contributed by atoms with Crippen LogP contribution in [0.5, 0.6) is 5.75 Å². The molecular weight excluding hydrogens is 459 g/mol. The Kier molecular flexibility index (Phi) is 8.09. The van der Waals surface area contributed by atoms with Crippen molar-refractivity contribution in [3.05, 3.63) is 50.4 Å². The van der Waals surface area contributed by atoms with Gasteiger partial charge in [-0.1, -0.05) is 11.6 Å². The molecule has 1 aliphatic carbocycles. The largest absolute Gasteiger partial charge is 0.490 e. The number of ether oxygens (including phenoxy) is 1. The Labute approximate surface area is 193 Å². The number of hydrogen-bond acceptors (Lipinski definition) is 5. The number of rotatable bonds is 8. The number of halogens is 2. The smallest absolute Gasteiger partial charge is 0.306 e.